The Labute approximate surface area is 195 Å². The summed E-state index contributed by atoms with van der Waals surface area (Å²) in [5.41, 5.74) is 2.15. The van der Waals surface area contributed by atoms with Gasteiger partial charge in [-0.25, -0.2) is 0 Å². The molecule has 2 atom stereocenters. The van der Waals surface area contributed by atoms with E-state index < -0.39 is 4.92 Å². The summed E-state index contributed by atoms with van der Waals surface area (Å²) in [5.74, 6) is 1.47. The Morgan fingerprint density at radius 1 is 1.18 bits per heavy atom. The lowest BCUT2D eigenvalue weighted by molar-refractivity contribution is -0.384. The fourth-order valence-corrected chi connectivity index (χ4v) is 5.88. The van der Waals surface area contributed by atoms with Crippen molar-refractivity contribution in [2.24, 2.45) is 27.0 Å². The van der Waals surface area contributed by atoms with Gasteiger partial charge in [-0.1, -0.05) is 20.8 Å². The molecule has 3 aliphatic rings. The van der Waals surface area contributed by atoms with E-state index >= 15 is 0 Å². The maximum atomic E-state index is 12.4. The van der Waals surface area contributed by atoms with Crippen molar-refractivity contribution < 1.29 is 14.1 Å². The number of amides is 1. The summed E-state index contributed by atoms with van der Waals surface area (Å²) < 4.78 is 5.82. The molecule has 2 bridgehead atoms. The topological polar surface area (TPSA) is 110 Å². The van der Waals surface area contributed by atoms with Crippen LogP contribution in [-0.2, 0) is 4.79 Å². The van der Waals surface area contributed by atoms with Gasteiger partial charge in [-0.2, -0.15) is 5.10 Å². The zero-order chi connectivity index (χ0) is 23.4. The maximum Gasteiger partial charge on any atom is 0.269 e. The first-order valence-corrected chi connectivity index (χ1v) is 11.7. The normalized spacial score (nSPS) is 29.4. The standard InChI is InChI=1S/C24H24N4O4S/c1-23(2)15-10-11-24(23,3)20(12-15)26-27-22-25-21(29)19(33-22)13-17-8-9-18(32-17)14-4-6-16(7-5-14)28(30)31/h4-9,13,15H,10-12H2,1-3H3,(H,25,27,29)/b19-13-,26-20+. The zero-order valence-electron chi connectivity index (χ0n) is 18.6. The fraction of sp³-hybridized carbons (Fsp3) is 0.375. The predicted octanol–water partition coefficient (Wildman–Crippen LogP) is 5.62. The predicted molar refractivity (Wildman–Crippen MR) is 129 cm³/mol. The number of rotatable bonds is 4. The Morgan fingerprint density at radius 2 is 1.94 bits per heavy atom. The number of carbonyl (C=O) groups excluding carboxylic acids is 1. The van der Waals surface area contributed by atoms with Crippen molar-refractivity contribution in [3.63, 3.8) is 0 Å². The zero-order valence-corrected chi connectivity index (χ0v) is 19.4. The van der Waals surface area contributed by atoms with Crippen LogP contribution in [0.15, 0.2) is 55.9 Å². The highest BCUT2D eigenvalue weighted by atomic mass is 32.2. The van der Waals surface area contributed by atoms with Crippen LogP contribution < -0.4 is 5.32 Å². The third kappa shape index (κ3) is 3.60. The van der Waals surface area contributed by atoms with Crippen LogP contribution in [0, 0.1) is 26.9 Å². The van der Waals surface area contributed by atoms with Crippen molar-refractivity contribution in [1.29, 1.82) is 0 Å². The van der Waals surface area contributed by atoms with E-state index in [0.717, 1.165) is 18.6 Å². The number of furan rings is 1. The van der Waals surface area contributed by atoms with Crippen LogP contribution >= 0.6 is 11.8 Å². The SMILES string of the molecule is CC12CCC(C/C1=N\N=C1/NC(=O)/C(=C/c3ccc(-c4ccc([N+](=O)[O-])cc4)o3)S1)C2(C)C. The van der Waals surface area contributed by atoms with Gasteiger partial charge in [-0.3, -0.25) is 20.2 Å². The molecule has 1 aromatic carbocycles. The van der Waals surface area contributed by atoms with E-state index in [4.69, 9.17) is 4.42 Å². The van der Waals surface area contributed by atoms with E-state index in [1.165, 1.54) is 30.3 Å². The molecule has 9 heteroatoms. The Kier molecular flexibility index (Phi) is 5.04. The molecule has 2 saturated carbocycles. The Hall–Kier alpha value is -3.20. The van der Waals surface area contributed by atoms with Crippen molar-refractivity contribution in [3.05, 3.63) is 57.2 Å². The Morgan fingerprint density at radius 3 is 2.58 bits per heavy atom. The number of amidine groups is 1. The molecule has 5 rings (SSSR count). The second-order valence-electron chi connectivity index (χ2n) is 9.52. The molecule has 3 fully saturated rings. The Bertz CT molecular complexity index is 1240. The minimum atomic E-state index is -0.444. The summed E-state index contributed by atoms with van der Waals surface area (Å²) in [6.45, 7) is 6.92. The molecule has 0 radical (unpaired) electrons. The molecule has 1 saturated heterocycles. The number of thioether (sulfide) groups is 1. The molecule has 1 amide bonds. The van der Waals surface area contributed by atoms with Gasteiger partial charge in [0.2, 0.25) is 0 Å². The van der Waals surface area contributed by atoms with Crippen LogP contribution in [0.4, 0.5) is 5.69 Å². The summed E-state index contributed by atoms with van der Waals surface area (Å²) in [6.07, 6.45) is 5.00. The van der Waals surface area contributed by atoms with E-state index in [0.29, 0.717) is 33.1 Å². The first-order valence-electron chi connectivity index (χ1n) is 10.9. The van der Waals surface area contributed by atoms with Crippen LogP contribution in [0.25, 0.3) is 17.4 Å². The lowest BCUT2D eigenvalue weighted by Crippen LogP contribution is -2.32. The van der Waals surface area contributed by atoms with Crippen molar-refractivity contribution in [3.8, 4) is 11.3 Å². The lowest BCUT2D eigenvalue weighted by atomic mass is 9.70. The lowest BCUT2D eigenvalue weighted by Gasteiger charge is -2.34. The summed E-state index contributed by atoms with van der Waals surface area (Å²) in [4.78, 5) is 23.3. The molecular weight excluding hydrogens is 440 g/mol. The summed E-state index contributed by atoms with van der Waals surface area (Å²) >= 11 is 1.23. The van der Waals surface area contributed by atoms with E-state index in [1.54, 1.807) is 30.3 Å². The number of nitrogens with zero attached hydrogens (tertiary/aromatic N) is 3. The number of benzene rings is 1. The third-order valence-electron chi connectivity index (χ3n) is 7.69. The Balaban J connectivity index is 1.31. The van der Waals surface area contributed by atoms with Crippen LogP contribution in [-0.4, -0.2) is 21.7 Å². The molecule has 8 nitrogen and oxygen atoms in total. The highest BCUT2D eigenvalue weighted by molar-refractivity contribution is 8.18. The van der Waals surface area contributed by atoms with Gasteiger partial charge in [0, 0.05) is 34.9 Å². The van der Waals surface area contributed by atoms with Crippen molar-refractivity contribution in [2.45, 2.75) is 40.0 Å². The summed E-state index contributed by atoms with van der Waals surface area (Å²) in [5, 5.41) is 23.0. The van der Waals surface area contributed by atoms with Gasteiger partial charge in [0.05, 0.1) is 9.83 Å². The van der Waals surface area contributed by atoms with Gasteiger partial charge >= 0.3 is 0 Å². The highest BCUT2D eigenvalue weighted by Gasteiger charge is 2.60. The molecular formula is C24H24N4O4S. The molecule has 2 aromatic rings. The van der Waals surface area contributed by atoms with Crippen LogP contribution in [0.1, 0.15) is 45.8 Å². The monoisotopic (exact) mass is 464 g/mol. The first kappa shape index (κ1) is 21.6. The maximum absolute atomic E-state index is 12.4. The quantitative estimate of drug-likeness (QED) is 0.359. The van der Waals surface area contributed by atoms with Crippen molar-refractivity contribution in [1.82, 2.24) is 5.32 Å². The molecule has 2 unspecified atom stereocenters. The van der Waals surface area contributed by atoms with Gasteiger partial charge in [-0.05, 0) is 66.6 Å². The number of hydrogen-bond donors (Lipinski definition) is 1. The third-order valence-corrected chi connectivity index (χ3v) is 8.59. The summed E-state index contributed by atoms with van der Waals surface area (Å²) in [6, 6.07) is 9.64. The number of hydrogen-bond acceptors (Lipinski definition) is 7. The van der Waals surface area contributed by atoms with Gasteiger partial charge < -0.3 is 4.42 Å². The van der Waals surface area contributed by atoms with Gasteiger partial charge in [0.15, 0.2) is 5.17 Å². The summed E-state index contributed by atoms with van der Waals surface area (Å²) in [7, 11) is 0. The number of nitro groups is 1. The molecule has 1 aliphatic heterocycles. The number of fused-ring (bicyclic) bond motifs is 2. The second-order valence-corrected chi connectivity index (χ2v) is 10.5. The van der Waals surface area contributed by atoms with Crippen LogP contribution in [0.5, 0.6) is 0 Å². The molecule has 2 heterocycles. The van der Waals surface area contributed by atoms with Crippen molar-refractivity contribution in [2.75, 3.05) is 0 Å². The van der Waals surface area contributed by atoms with Gasteiger partial charge in [0.1, 0.15) is 11.5 Å². The molecule has 170 valence electrons. The van der Waals surface area contributed by atoms with Crippen molar-refractivity contribution >= 4 is 40.3 Å². The number of nitro benzene ring substituents is 1. The highest BCUT2D eigenvalue weighted by Crippen LogP contribution is 2.64. The molecule has 1 N–H and O–H groups in total. The minimum absolute atomic E-state index is 0.0186. The smallest absolute Gasteiger partial charge is 0.269 e. The van der Waals surface area contributed by atoms with Crippen LogP contribution in [0.3, 0.4) is 0 Å². The molecule has 0 spiro atoms. The second kappa shape index (κ2) is 7.69. The van der Waals surface area contributed by atoms with Crippen LogP contribution in [0.2, 0.25) is 0 Å². The molecule has 1 aromatic heterocycles. The van der Waals surface area contributed by atoms with Gasteiger partial charge in [-0.15, -0.1) is 5.10 Å². The number of non-ortho nitro benzene ring substituents is 1. The molecule has 33 heavy (non-hydrogen) atoms. The van der Waals surface area contributed by atoms with Gasteiger partial charge in [0.25, 0.3) is 11.6 Å². The molecule has 2 aliphatic carbocycles. The average Bonchev–Trinajstić information content (AvgIpc) is 3.48. The van der Waals surface area contributed by atoms with E-state index in [-0.39, 0.29) is 22.4 Å². The fourth-order valence-electron chi connectivity index (χ4n) is 5.12. The van der Waals surface area contributed by atoms with E-state index in [1.807, 2.05) is 0 Å². The average molecular weight is 465 g/mol. The van der Waals surface area contributed by atoms with E-state index in [2.05, 4.69) is 36.3 Å². The first-order chi connectivity index (χ1) is 15.7. The minimum Gasteiger partial charge on any atom is -0.457 e. The number of nitrogens with one attached hydrogen (secondary N) is 1. The van der Waals surface area contributed by atoms with E-state index in [9.17, 15) is 14.9 Å². The number of carbonyl (C=O) groups is 1. The largest absolute Gasteiger partial charge is 0.457 e.